The molecule has 3 N–H and O–H groups in total. The molecule has 0 radical (unpaired) electrons. The number of ether oxygens (including phenoxy) is 2. The Bertz CT molecular complexity index is 713. The minimum Gasteiger partial charge on any atom is -0.444 e. The molecule has 30 heavy (non-hydrogen) atoms. The highest BCUT2D eigenvalue weighted by Crippen LogP contribution is 2.24. The molecule has 1 aliphatic heterocycles. The van der Waals surface area contributed by atoms with Crippen molar-refractivity contribution in [2.24, 2.45) is 16.6 Å². The largest absolute Gasteiger partial charge is 0.573 e. The molecular formula is C19H28F3IN4O3. The second-order valence-corrected chi connectivity index (χ2v) is 7.83. The minimum atomic E-state index is -4.73. The number of benzene rings is 1. The molecule has 1 saturated heterocycles. The molecule has 0 unspecified atom stereocenters. The molecule has 0 spiro atoms. The third kappa shape index (κ3) is 9.72. The number of piperidine rings is 1. The predicted molar refractivity (Wildman–Crippen MR) is 119 cm³/mol. The monoisotopic (exact) mass is 544 g/mol. The fourth-order valence-electron chi connectivity index (χ4n) is 2.78. The average Bonchev–Trinajstić information content (AvgIpc) is 2.59. The maximum atomic E-state index is 12.2. The number of hydrogen-bond donors (Lipinski definition) is 2. The summed E-state index contributed by atoms with van der Waals surface area (Å²) in [6.45, 7) is 7.19. The van der Waals surface area contributed by atoms with Gasteiger partial charge in [0, 0.05) is 25.3 Å². The van der Waals surface area contributed by atoms with E-state index in [2.05, 4.69) is 15.0 Å². The average molecular weight is 544 g/mol. The first-order chi connectivity index (χ1) is 13.4. The highest BCUT2D eigenvalue weighted by Gasteiger charge is 2.31. The number of amides is 1. The molecule has 1 aromatic rings. The number of nitrogens with two attached hydrogens (primary N) is 1. The summed E-state index contributed by atoms with van der Waals surface area (Å²) in [5.74, 6) is 0.149. The first kappa shape index (κ1) is 26.1. The van der Waals surface area contributed by atoms with E-state index < -0.39 is 12.0 Å². The second kappa shape index (κ2) is 10.9. The summed E-state index contributed by atoms with van der Waals surface area (Å²) in [5.41, 5.74) is 5.83. The summed E-state index contributed by atoms with van der Waals surface area (Å²) in [5, 5.41) is 2.83. The van der Waals surface area contributed by atoms with Crippen molar-refractivity contribution in [1.82, 2.24) is 4.90 Å². The SMILES string of the molecule is CC(C)(C)OC(=O)N1CCC(CN=C(N)Nc2ccc(OC(F)(F)F)cc2)CC1.I. The Morgan fingerprint density at radius 2 is 1.77 bits per heavy atom. The summed E-state index contributed by atoms with van der Waals surface area (Å²) < 4.78 is 45.7. The molecular weight excluding hydrogens is 516 g/mol. The molecule has 7 nitrogen and oxygen atoms in total. The number of nitrogens with zero attached hydrogens (tertiary/aromatic N) is 2. The van der Waals surface area contributed by atoms with Crippen molar-refractivity contribution >= 4 is 41.7 Å². The van der Waals surface area contributed by atoms with Crippen LogP contribution < -0.4 is 15.8 Å². The molecule has 2 rings (SSSR count). The lowest BCUT2D eigenvalue weighted by Crippen LogP contribution is -2.42. The molecule has 1 amide bonds. The number of hydrogen-bond acceptors (Lipinski definition) is 4. The Labute approximate surface area is 191 Å². The van der Waals surface area contributed by atoms with Crippen LogP contribution in [0.2, 0.25) is 0 Å². The van der Waals surface area contributed by atoms with Crippen LogP contribution in [0.25, 0.3) is 0 Å². The Hall–Kier alpha value is -1.92. The van der Waals surface area contributed by atoms with Crippen LogP contribution in [0, 0.1) is 5.92 Å². The molecule has 11 heteroatoms. The zero-order valence-corrected chi connectivity index (χ0v) is 19.5. The van der Waals surface area contributed by atoms with E-state index in [1.54, 1.807) is 4.90 Å². The van der Waals surface area contributed by atoms with Crippen molar-refractivity contribution in [3.63, 3.8) is 0 Å². The number of carbonyl (C=O) groups excluding carboxylic acids is 1. The standard InChI is InChI=1S/C19H27F3N4O3.HI/c1-18(2,3)29-17(27)26-10-8-13(9-11-26)12-24-16(23)25-14-4-6-15(7-5-14)28-19(20,21)22;/h4-7,13H,8-12H2,1-3H3,(H3,23,24,25);1H. The summed E-state index contributed by atoms with van der Waals surface area (Å²) >= 11 is 0. The number of alkyl halides is 3. The minimum absolute atomic E-state index is 0. The van der Waals surface area contributed by atoms with Crippen molar-refractivity contribution in [2.45, 2.75) is 45.6 Å². The van der Waals surface area contributed by atoms with Crippen LogP contribution in [0.15, 0.2) is 29.3 Å². The number of guanidine groups is 1. The summed E-state index contributed by atoms with van der Waals surface area (Å²) in [6, 6.07) is 5.22. The predicted octanol–water partition coefficient (Wildman–Crippen LogP) is 4.58. The van der Waals surface area contributed by atoms with E-state index in [9.17, 15) is 18.0 Å². The number of halogens is 4. The van der Waals surface area contributed by atoms with Crippen molar-refractivity contribution in [1.29, 1.82) is 0 Å². The fourth-order valence-corrected chi connectivity index (χ4v) is 2.78. The van der Waals surface area contributed by atoms with E-state index in [0.717, 1.165) is 12.8 Å². The third-order valence-electron chi connectivity index (χ3n) is 4.15. The third-order valence-corrected chi connectivity index (χ3v) is 4.15. The van der Waals surface area contributed by atoms with Gasteiger partial charge in [-0.2, -0.15) is 0 Å². The zero-order valence-electron chi connectivity index (χ0n) is 17.2. The van der Waals surface area contributed by atoms with Gasteiger partial charge in [0.05, 0.1) is 0 Å². The number of likely N-dealkylation sites (tertiary alicyclic amines) is 1. The van der Waals surface area contributed by atoms with Gasteiger partial charge in [0.15, 0.2) is 5.96 Å². The molecule has 1 heterocycles. The zero-order chi connectivity index (χ0) is 21.7. The van der Waals surface area contributed by atoms with Gasteiger partial charge in [-0.1, -0.05) is 0 Å². The van der Waals surface area contributed by atoms with E-state index in [1.165, 1.54) is 24.3 Å². The lowest BCUT2D eigenvalue weighted by atomic mass is 9.97. The molecule has 0 atom stereocenters. The van der Waals surface area contributed by atoms with Gasteiger partial charge in [-0.05, 0) is 63.8 Å². The Morgan fingerprint density at radius 3 is 2.27 bits per heavy atom. The first-order valence-corrected chi connectivity index (χ1v) is 9.32. The van der Waals surface area contributed by atoms with E-state index in [-0.39, 0.29) is 47.7 Å². The van der Waals surface area contributed by atoms with Gasteiger partial charge in [-0.15, -0.1) is 37.1 Å². The van der Waals surface area contributed by atoms with Crippen LogP contribution >= 0.6 is 24.0 Å². The van der Waals surface area contributed by atoms with Crippen LogP contribution in [-0.2, 0) is 4.74 Å². The van der Waals surface area contributed by atoms with Gasteiger partial charge in [-0.25, -0.2) is 4.79 Å². The molecule has 1 aromatic carbocycles. The Kier molecular flexibility index (Phi) is 9.50. The van der Waals surface area contributed by atoms with Gasteiger partial charge in [-0.3, -0.25) is 4.99 Å². The van der Waals surface area contributed by atoms with E-state index in [1.807, 2.05) is 20.8 Å². The normalized spacial score (nSPS) is 15.9. The van der Waals surface area contributed by atoms with E-state index in [0.29, 0.717) is 25.3 Å². The number of nitrogens with one attached hydrogen (secondary N) is 1. The maximum Gasteiger partial charge on any atom is 0.573 e. The maximum absolute atomic E-state index is 12.2. The van der Waals surface area contributed by atoms with Crippen LogP contribution in [0.1, 0.15) is 33.6 Å². The van der Waals surface area contributed by atoms with Crippen LogP contribution in [0.5, 0.6) is 5.75 Å². The summed E-state index contributed by atoms with van der Waals surface area (Å²) in [6.07, 6.45) is -3.45. The fraction of sp³-hybridized carbons (Fsp3) is 0.579. The molecule has 1 fully saturated rings. The number of rotatable bonds is 4. The van der Waals surface area contributed by atoms with Crippen molar-refractivity contribution in [2.75, 3.05) is 25.0 Å². The van der Waals surface area contributed by atoms with Gasteiger partial charge in [0.1, 0.15) is 11.4 Å². The molecule has 0 aliphatic carbocycles. The first-order valence-electron chi connectivity index (χ1n) is 9.32. The van der Waals surface area contributed by atoms with Gasteiger partial charge in [0.25, 0.3) is 0 Å². The summed E-state index contributed by atoms with van der Waals surface area (Å²) in [7, 11) is 0. The van der Waals surface area contributed by atoms with Gasteiger partial charge < -0.3 is 25.4 Å². The smallest absolute Gasteiger partial charge is 0.444 e. The van der Waals surface area contributed by atoms with Gasteiger partial charge >= 0.3 is 12.5 Å². The topological polar surface area (TPSA) is 89.2 Å². The highest BCUT2D eigenvalue weighted by molar-refractivity contribution is 14.0. The van der Waals surface area contributed by atoms with Crippen LogP contribution in [-0.4, -0.2) is 48.6 Å². The molecule has 170 valence electrons. The van der Waals surface area contributed by atoms with Crippen molar-refractivity contribution in [3.05, 3.63) is 24.3 Å². The Morgan fingerprint density at radius 1 is 1.20 bits per heavy atom. The van der Waals surface area contributed by atoms with Crippen LogP contribution in [0.3, 0.4) is 0 Å². The number of carbonyl (C=O) groups is 1. The van der Waals surface area contributed by atoms with Crippen molar-refractivity contribution < 1.29 is 27.4 Å². The molecule has 0 bridgehead atoms. The lowest BCUT2D eigenvalue weighted by Gasteiger charge is -2.33. The van der Waals surface area contributed by atoms with Crippen LogP contribution in [0.4, 0.5) is 23.7 Å². The molecule has 0 saturated carbocycles. The Balaban J connectivity index is 0.00000450. The summed E-state index contributed by atoms with van der Waals surface area (Å²) in [4.78, 5) is 18.0. The molecule has 0 aromatic heterocycles. The number of aliphatic imine (C=N–C) groups is 1. The van der Waals surface area contributed by atoms with Crippen molar-refractivity contribution in [3.8, 4) is 5.75 Å². The lowest BCUT2D eigenvalue weighted by molar-refractivity contribution is -0.274. The van der Waals surface area contributed by atoms with E-state index in [4.69, 9.17) is 10.5 Å². The molecule has 1 aliphatic rings. The van der Waals surface area contributed by atoms with E-state index >= 15 is 0 Å². The van der Waals surface area contributed by atoms with Gasteiger partial charge in [0.2, 0.25) is 0 Å². The highest BCUT2D eigenvalue weighted by atomic mass is 127. The number of anilines is 1. The second-order valence-electron chi connectivity index (χ2n) is 7.83. The quantitative estimate of drug-likeness (QED) is 0.329.